The van der Waals surface area contributed by atoms with Crippen LogP contribution < -0.4 is 10.6 Å². The van der Waals surface area contributed by atoms with Gasteiger partial charge in [0, 0.05) is 42.0 Å². The van der Waals surface area contributed by atoms with Crippen LogP contribution in [0.25, 0.3) is 22.0 Å². The van der Waals surface area contributed by atoms with Crippen LogP contribution in [0.3, 0.4) is 0 Å². The number of nitrogens with one attached hydrogen (secondary N) is 3. The molecule has 46 heavy (non-hydrogen) atoms. The van der Waals surface area contributed by atoms with Crippen LogP contribution in [0.5, 0.6) is 0 Å². The molecule has 0 bridgehead atoms. The van der Waals surface area contributed by atoms with Gasteiger partial charge in [0.05, 0.1) is 6.54 Å². The Morgan fingerprint density at radius 2 is 1.57 bits per heavy atom. The summed E-state index contributed by atoms with van der Waals surface area (Å²) < 4.78 is 11.1. The SMILES string of the molecule is CC(C)(C)OC(=O)N[C@@H]1Cc2c([nH]c3ccccc23)CN(CCCCCNC(=O)OCC2c3ccccc3-c3ccccc32)C1=O. The molecule has 4 aromatic rings. The number of aromatic nitrogens is 1. The van der Waals surface area contributed by atoms with Crippen molar-refractivity contribution in [3.05, 3.63) is 95.2 Å². The minimum atomic E-state index is -0.731. The van der Waals surface area contributed by atoms with Crippen molar-refractivity contribution in [1.82, 2.24) is 20.5 Å². The van der Waals surface area contributed by atoms with Crippen LogP contribution in [-0.4, -0.2) is 59.3 Å². The molecule has 2 heterocycles. The predicted molar refractivity (Wildman–Crippen MR) is 178 cm³/mol. The van der Waals surface area contributed by atoms with Gasteiger partial charge in [-0.3, -0.25) is 4.79 Å². The van der Waals surface area contributed by atoms with E-state index in [9.17, 15) is 14.4 Å². The number of carbonyl (C=O) groups is 3. The standard InChI is InChI=1S/C37H42N4O5/c1-37(2,3)46-36(44)40-32-21-29-28-17-9-10-18-31(28)39-33(29)22-41(34(32)42)20-12-4-11-19-38-35(43)45-23-30-26-15-7-5-13-24(26)25-14-6-8-16-27(25)30/h5-10,13-18,30,32,39H,4,11-12,19-23H2,1-3H3,(H,38,43)(H,40,44)/t32-/m1/s1. The van der Waals surface area contributed by atoms with E-state index in [0.29, 0.717) is 26.1 Å². The Bertz CT molecular complexity index is 1690. The molecule has 1 aliphatic heterocycles. The molecule has 0 fully saturated rings. The van der Waals surface area contributed by atoms with E-state index in [0.717, 1.165) is 41.4 Å². The fourth-order valence-corrected chi connectivity index (χ4v) is 6.60. The Balaban J connectivity index is 0.997. The highest BCUT2D eigenvalue weighted by atomic mass is 16.6. The highest BCUT2D eigenvalue weighted by molar-refractivity contribution is 5.90. The molecule has 9 nitrogen and oxygen atoms in total. The van der Waals surface area contributed by atoms with Gasteiger partial charge in [0.25, 0.3) is 0 Å². The maximum atomic E-state index is 13.7. The molecule has 3 N–H and O–H groups in total. The Labute approximate surface area is 269 Å². The van der Waals surface area contributed by atoms with Gasteiger partial charge >= 0.3 is 12.2 Å². The van der Waals surface area contributed by atoms with E-state index in [4.69, 9.17) is 9.47 Å². The second-order valence-corrected chi connectivity index (χ2v) is 13.1. The smallest absolute Gasteiger partial charge is 0.408 e. The number of fused-ring (bicyclic) bond motifs is 6. The number of aromatic amines is 1. The fraction of sp³-hybridized carbons (Fsp3) is 0.378. The van der Waals surface area contributed by atoms with E-state index >= 15 is 0 Å². The fourth-order valence-electron chi connectivity index (χ4n) is 6.60. The van der Waals surface area contributed by atoms with Crippen molar-refractivity contribution in [1.29, 1.82) is 0 Å². The molecule has 3 amide bonds. The molecule has 1 aliphatic carbocycles. The third-order valence-electron chi connectivity index (χ3n) is 8.68. The summed E-state index contributed by atoms with van der Waals surface area (Å²) in [6.07, 6.45) is 1.69. The summed E-state index contributed by atoms with van der Waals surface area (Å²) in [6.45, 7) is 7.14. The first-order chi connectivity index (χ1) is 22.2. The molecule has 0 radical (unpaired) electrons. The largest absolute Gasteiger partial charge is 0.449 e. The van der Waals surface area contributed by atoms with Gasteiger partial charge in [-0.05, 0) is 73.9 Å². The van der Waals surface area contributed by atoms with E-state index in [1.54, 1.807) is 20.8 Å². The van der Waals surface area contributed by atoms with Gasteiger partial charge in [-0.2, -0.15) is 0 Å². The molecule has 0 spiro atoms. The molecular formula is C37H42N4O5. The second kappa shape index (κ2) is 13.3. The van der Waals surface area contributed by atoms with Gasteiger partial charge < -0.3 is 30.0 Å². The highest BCUT2D eigenvalue weighted by Crippen LogP contribution is 2.44. The third kappa shape index (κ3) is 6.88. The topological polar surface area (TPSA) is 113 Å². The van der Waals surface area contributed by atoms with Crippen molar-refractivity contribution in [3.8, 4) is 11.1 Å². The average Bonchev–Trinajstić information content (AvgIpc) is 3.50. The summed E-state index contributed by atoms with van der Waals surface area (Å²) >= 11 is 0. The molecule has 1 atom stereocenters. The molecule has 240 valence electrons. The summed E-state index contributed by atoms with van der Waals surface area (Å²) in [5.74, 6) is -0.105. The molecule has 0 saturated carbocycles. The number of rotatable bonds is 9. The number of benzene rings is 3. The van der Waals surface area contributed by atoms with Crippen molar-refractivity contribution >= 4 is 29.0 Å². The first-order valence-electron chi connectivity index (χ1n) is 16.1. The number of ether oxygens (including phenoxy) is 2. The third-order valence-corrected chi connectivity index (χ3v) is 8.68. The summed E-state index contributed by atoms with van der Waals surface area (Å²) in [4.78, 5) is 44.2. The number of H-pyrrole nitrogens is 1. The number of hydrogen-bond donors (Lipinski definition) is 3. The van der Waals surface area contributed by atoms with Crippen molar-refractivity contribution in [2.24, 2.45) is 0 Å². The number of alkyl carbamates (subject to hydrolysis) is 2. The first-order valence-corrected chi connectivity index (χ1v) is 16.1. The predicted octanol–water partition coefficient (Wildman–Crippen LogP) is 6.65. The van der Waals surface area contributed by atoms with Crippen LogP contribution in [0.15, 0.2) is 72.8 Å². The van der Waals surface area contributed by atoms with E-state index in [-0.39, 0.29) is 18.4 Å². The summed E-state index contributed by atoms with van der Waals surface area (Å²) in [6, 6.07) is 23.8. The van der Waals surface area contributed by atoms with Gasteiger partial charge in [-0.25, -0.2) is 9.59 Å². The molecule has 9 heteroatoms. The van der Waals surface area contributed by atoms with Crippen LogP contribution in [0, 0.1) is 0 Å². The van der Waals surface area contributed by atoms with Gasteiger partial charge in [0.15, 0.2) is 0 Å². The quantitative estimate of drug-likeness (QED) is 0.181. The van der Waals surface area contributed by atoms with Gasteiger partial charge in [-0.15, -0.1) is 0 Å². The molecule has 2 aliphatic rings. The van der Waals surface area contributed by atoms with Crippen LogP contribution in [0.1, 0.15) is 68.3 Å². The molecule has 0 saturated heterocycles. The Kier molecular flexibility index (Phi) is 9.01. The monoisotopic (exact) mass is 622 g/mol. The van der Waals surface area contributed by atoms with Crippen molar-refractivity contribution < 1.29 is 23.9 Å². The molecule has 1 aromatic heterocycles. The lowest BCUT2D eigenvalue weighted by Gasteiger charge is -2.26. The summed E-state index contributed by atoms with van der Waals surface area (Å²) in [7, 11) is 0. The van der Waals surface area contributed by atoms with E-state index in [1.165, 1.54) is 22.3 Å². The minimum Gasteiger partial charge on any atom is -0.449 e. The lowest BCUT2D eigenvalue weighted by atomic mass is 9.98. The zero-order valence-electron chi connectivity index (χ0n) is 26.7. The van der Waals surface area contributed by atoms with E-state index in [1.807, 2.05) is 53.4 Å². The van der Waals surface area contributed by atoms with E-state index in [2.05, 4.69) is 39.9 Å². The minimum absolute atomic E-state index is 0.0238. The molecule has 6 rings (SSSR count). The number of hydrogen-bond acceptors (Lipinski definition) is 5. The molecule has 0 unspecified atom stereocenters. The van der Waals surface area contributed by atoms with Gasteiger partial charge in [0.1, 0.15) is 18.2 Å². The number of amides is 3. The maximum absolute atomic E-state index is 13.7. The van der Waals surface area contributed by atoms with Crippen LogP contribution in [0.2, 0.25) is 0 Å². The Hall–Kier alpha value is -4.79. The first kappa shape index (κ1) is 31.2. The van der Waals surface area contributed by atoms with Gasteiger partial charge in [-0.1, -0.05) is 66.7 Å². The average molecular weight is 623 g/mol. The lowest BCUT2D eigenvalue weighted by Crippen LogP contribution is -2.49. The van der Waals surface area contributed by atoms with Crippen LogP contribution in [-0.2, 0) is 27.2 Å². The van der Waals surface area contributed by atoms with Crippen molar-refractivity contribution in [2.45, 2.75) is 70.6 Å². The number of nitrogens with zero attached hydrogens (tertiary/aromatic N) is 1. The number of para-hydroxylation sites is 1. The Morgan fingerprint density at radius 1 is 0.891 bits per heavy atom. The maximum Gasteiger partial charge on any atom is 0.408 e. The molecular weight excluding hydrogens is 580 g/mol. The van der Waals surface area contributed by atoms with E-state index < -0.39 is 23.8 Å². The van der Waals surface area contributed by atoms with Gasteiger partial charge in [0.2, 0.25) is 5.91 Å². The Morgan fingerprint density at radius 3 is 2.28 bits per heavy atom. The zero-order valence-corrected chi connectivity index (χ0v) is 26.7. The number of carbonyl (C=O) groups excluding carboxylic acids is 3. The second-order valence-electron chi connectivity index (χ2n) is 13.1. The summed E-state index contributed by atoms with van der Waals surface area (Å²) in [5, 5.41) is 6.77. The normalized spacial score (nSPS) is 15.9. The van der Waals surface area contributed by atoms with Crippen molar-refractivity contribution in [3.63, 3.8) is 0 Å². The lowest BCUT2D eigenvalue weighted by molar-refractivity contribution is -0.133. The molecule has 3 aromatic carbocycles. The summed E-state index contributed by atoms with van der Waals surface area (Å²) in [5.41, 5.74) is 7.13. The zero-order chi connectivity index (χ0) is 32.3. The number of unbranched alkanes of at least 4 members (excludes halogenated alkanes) is 2. The van der Waals surface area contributed by atoms with Crippen LogP contribution >= 0.6 is 0 Å². The van der Waals surface area contributed by atoms with Crippen LogP contribution in [0.4, 0.5) is 9.59 Å². The highest BCUT2D eigenvalue weighted by Gasteiger charge is 2.34. The van der Waals surface area contributed by atoms with Crippen molar-refractivity contribution in [2.75, 3.05) is 19.7 Å².